The molecule has 0 aliphatic rings. The number of nitrogens with zero attached hydrogens (tertiary/aromatic N) is 2. The summed E-state index contributed by atoms with van der Waals surface area (Å²) in [5, 5.41) is 7.21. The third-order valence-electron chi connectivity index (χ3n) is 1.81. The van der Waals surface area contributed by atoms with Crippen LogP contribution in [0.25, 0.3) is 0 Å². The van der Waals surface area contributed by atoms with Crippen LogP contribution >= 0.6 is 0 Å². The van der Waals surface area contributed by atoms with Crippen LogP contribution < -0.4 is 0 Å². The van der Waals surface area contributed by atoms with Crippen molar-refractivity contribution < 1.29 is 0 Å². The van der Waals surface area contributed by atoms with Gasteiger partial charge in [-0.15, -0.1) is 0 Å². The van der Waals surface area contributed by atoms with Crippen molar-refractivity contribution in [3.05, 3.63) is 23.3 Å². The van der Waals surface area contributed by atoms with Crippen molar-refractivity contribution in [2.45, 2.75) is 40.5 Å². The highest BCUT2D eigenvalue weighted by Crippen LogP contribution is 2.15. The number of aryl methyl sites for hydroxylation is 1. The Morgan fingerprint density at radius 2 is 1.86 bits per heavy atom. The smallest absolute Gasteiger partial charge is 0.115 e. The minimum atomic E-state index is 0.350. The predicted octanol–water partition coefficient (Wildman–Crippen LogP) is 2.93. The van der Waals surface area contributed by atoms with Crippen molar-refractivity contribution in [2.75, 3.05) is 0 Å². The van der Waals surface area contributed by atoms with Gasteiger partial charge in [-0.3, -0.25) is 0 Å². The lowest BCUT2D eigenvalue weighted by molar-refractivity contribution is 0.805. The minimum Gasteiger partial charge on any atom is -0.308 e. The Morgan fingerprint density at radius 1 is 1.29 bits per heavy atom. The fourth-order valence-electron chi connectivity index (χ4n) is 1.14. The van der Waals surface area contributed by atoms with E-state index in [-0.39, 0.29) is 0 Å². The van der Waals surface area contributed by atoms with Gasteiger partial charge < -0.3 is 5.41 Å². The molecule has 1 aromatic heterocycles. The first-order valence-electron chi connectivity index (χ1n) is 4.98. The average Bonchev–Trinajstić information content (AvgIpc) is 2.20. The Kier molecular flexibility index (Phi) is 5.68. The molecule has 0 atom stereocenters. The monoisotopic (exact) mass is 193 g/mol. The van der Waals surface area contributed by atoms with Crippen molar-refractivity contribution >= 4 is 6.21 Å². The first-order valence-corrected chi connectivity index (χ1v) is 4.98. The Balaban J connectivity index is 0.000000791. The van der Waals surface area contributed by atoms with Crippen LogP contribution in [0.5, 0.6) is 0 Å². The highest BCUT2D eigenvalue weighted by Gasteiger charge is 2.08. The summed E-state index contributed by atoms with van der Waals surface area (Å²) >= 11 is 0. The minimum absolute atomic E-state index is 0.350. The zero-order valence-electron chi connectivity index (χ0n) is 9.63. The van der Waals surface area contributed by atoms with Gasteiger partial charge in [0, 0.05) is 17.5 Å². The van der Waals surface area contributed by atoms with Crippen LogP contribution in [0, 0.1) is 12.3 Å². The third-order valence-corrected chi connectivity index (χ3v) is 1.81. The molecule has 0 aromatic carbocycles. The Morgan fingerprint density at radius 3 is 2.21 bits per heavy atom. The molecule has 0 bridgehead atoms. The molecule has 3 heteroatoms. The Labute approximate surface area is 86.1 Å². The molecule has 0 saturated heterocycles. The van der Waals surface area contributed by atoms with Gasteiger partial charge in [-0.2, -0.15) is 0 Å². The number of rotatable bonds is 2. The summed E-state index contributed by atoms with van der Waals surface area (Å²) in [6.07, 6.45) is 2.88. The van der Waals surface area contributed by atoms with E-state index in [9.17, 15) is 0 Å². The van der Waals surface area contributed by atoms with Gasteiger partial charge in [0.2, 0.25) is 0 Å². The molecule has 0 saturated carbocycles. The highest BCUT2D eigenvalue weighted by molar-refractivity contribution is 5.80. The van der Waals surface area contributed by atoms with Crippen molar-refractivity contribution in [3.8, 4) is 0 Å². The van der Waals surface area contributed by atoms with Crippen LogP contribution in [0.2, 0.25) is 0 Å². The average molecular weight is 193 g/mol. The van der Waals surface area contributed by atoms with Gasteiger partial charge in [0.1, 0.15) is 6.33 Å². The normalized spacial score (nSPS) is 9.29. The van der Waals surface area contributed by atoms with E-state index in [1.165, 1.54) is 6.21 Å². The van der Waals surface area contributed by atoms with E-state index >= 15 is 0 Å². The van der Waals surface area contributed by atoms with Gasteiger partial charge in [0.05, 0.1) is 5.69 Å². The van der Waals surface area contributed by atoms with E-state index in [4.69, 9.17) is 5.41 Å². The lowest BCUT2D eigenvalue weighted by atomic mass is 10.0. The third kappa shape index (κ3) is 2.91. The van der Waals surface area contributed by atoms with Crippen LogP contribution in [0.1, 0.15) is 50.6 Å². The molecule has 14 heavy (non-hydrogen) atoms. The maximum Gasteiger partial charge on any atom is 0.115 e. The molecule has 0 aliphatic carbocycles. The quantitative estimate of drug-likeness (QED) is 0.734. The fourth-order valence-corrected chi connectivity index (χ4v) is 1.14. The fraction of sp³-hybridized carbons (Fsp3) is 0.545. The van der Waals surface area contributed by atoms with Crippen molar-refractivity contribution in [3.63, 3.8) is 0 Å². The van der Waals surface area contributed by atoms with E-state index < -0.39 is 0 Å². The molecule has 1 N–H and O–H groups in total. The van der Waals surface area contributed by atoms with Crippen molar-refractivity contribution in [2.24, 2.45) is 0 Å². The lowest BCUT2D eigenvalue weighted by Gasteiger charge is -2.08. The molecule has 0 spiro atoms. The molecular formula is C11H19N3. The molecule has 3 nitrogen and oxygen atoms in total. The van der Waals surface area contributed by atoms with Crippen molar-refractivity contribution in [1.29, 1.82) is 5.41 Å². The summed E-state index contributed by atoms with van der Waals surface area (Å²) in [7, 11) is 0. The second kappa shape index (κ2) is 6.24. The van der Waals surface area contributed by atoms with Crippen LogP contribution in [-0.2, 0) is 0 Å². The highest BCUT2D eigenvalue weighted by atomic mass is 14.8. The maximum atomic E-state index is 7.21. The number of hydrogen-bond acceptors (Lipinski definition) is 3. The number of aromatic nitrogens is 2. The standard InChI is InChI=1S/C9H13N3.C2H6/c1-6(2)9-8(4-10)7(3)11-5-12-9;1-2/h4-6,10H,1-3H3;1-2H3. The summed E-state index contributed by atoms with van der Waals surface area (Å²) in [5.74, 6) is 0.350. The van der Waals surface area contributed by atoms with E-state index in [1.54, 1.807) is 6.33 Å². The number of nitrogens with one attached hydrogen (secondary N) is 1. The topological polar surface area (TPSA) is 49.6 Å². The molecule has 0 aliphatic heterocycles. The zero-order chi connectivity index (χ0) is 11.1. The molecule has 1 aromatic rings. The van der Waals surface area contributed by atoms with E-state index in [0.717, 1.165) is 17.0 Å². The van der Waals surface area contributed by atoms with E-state index in [0.29, 0.717) is 5.92 Å². The molecule has 0 unspecified atom stereocenters. The van der Waals surface area contributed by atoms with Crippen LogP contribution in [0.15, 0.2) is 6.33 Å². The van der Waals surface area contributed by atoms with Crippen LogP contribution in [0.3, 0.4) is 0 Å². The summed E-state index contributed by atoms with van der Waals surface area (Å²) in [6, 6.07) is 0. The Hall–Kier alpha value is -1.25. The van der Waals surface area contributed by atoms with Crippen molar-refractivity contribution in [1.82, 2.24) is 9.97 Å². The summed E-state index contributed by atoms with van der Waals surface area (Å²) in [6.45, 7) is 10.0. The van der Waals surface area contributed by atoms with E-state index in [2.05, 4.69) is 23.8 Å². The van der Waals surface area contributed by atoms with Crippen LogP contribution in [0.4, 0.5) is 0 Å². The van der Waals surface area contributed by atoms with Gasteiger partial charge >= 0.3 is 0 Å². The molecule has 0 amide bonds. The first-order chi connectivity index (χ1) is 6.66. The van der Waals surface area contributed by atoms with Gasteiger partial charge in [-0.25, -0.2) is 9.97 Å². The maximum absolute atomic E-state index is 7.21. The van der Waals surface area contributed by atoms with E-state index in [1.807, 2.05) is 20.8 Å². The summed E-state index contributed by atoms with van der Waals surface area (Å²) in [5.41, 5.74) is 2.69. The summed E-state index contributed by atoms with van der Waals surface area (Å²) in [4.78, 5) is 8.18. The molecule has 0 radical (unpaired) electrons. The molecule has 78 valence electrons. The second-order valence-electron chi connectivity index (χ2n) is 3.06. The second-order valence-corrected chi connectivity index (χ2v) is 3.06. The molecule has 1 heterocycles. The zero-order valence-corrected chi connectivity index (χ0v) is 9.63. The number of hydrogen-bond donors (Lipinski definition) is 1. The van der Waals surface area contributed by atoms with Crippen LogP contribution in [-0.4, -0.2) is 16.2 Å². The van der Waals surface area contributed by atoms with Gasteiger partial charge in [-0.05, 0) is 12.8 Å². The molecule has 1 rings (SSSR count). The van der Waals surface area contributed by atoms with Gasteiger partial charge in [0.25, 0.3) is 0 Å². The predicted molar refractivity (Wildman–Crippen MR) is 60.1 cm³/mol. The largest absolute Gasteiger partial charge is 0.308 e. The van der Waals surface area contributed by atoms with Gasteiger partial charge in [0.15, 0.2) is 0 Å². The summed E-state index contributed by atoms with van der Waals surface area (Å²) < 4.78 is 0. The SMILES string of the molecule is CC.Cc1ncnc(C(C)C)c1C=N. The molecular weight excluding hydrogens is 174 g/mol. The lowest BCUT2D eigenvalue weighted by Crippen LogP contribution is -2.03. The van der Waals surface area contributed by atoms with Gasteiger partial charge in [-0.1, -0.05) is 27.7 Å². The first kappa shape index (κ1) is 12.8. The molecule has 0 fully saturated rings. The Bertz CT molecular complexity index is 293.